The molecule has 3 heterocycles. The van der Waals surface area contributed by atoms with Gasteiger partial charge in [-0.2, -0.15) is 0 Å². The number of hydrogen-bond acceptors (Lipinski definition) is 3. The van der Waals surface area contributed by atoms with Crippen molar-refractivity contribution in [1.29, 1.82) is 0 Å². The Morgan fingerprint density at radius 3 is 1.88 bits per heavy atom. The predicted octanol–water partition coefficient (Wildman–Crippen LogP) is 11.9. The van der Waals surface area contributed by atoms with Gasteiger partial charge >= 0.3 is 0 Å². The van der Waals surface area contributed by atoms with Crippen molar-refractivity contribution in [1.82, 2.24) is 0 Å². The number of anilines is 6. The summed E-state index contributed by atoms with van der Waals surface area (Å²) < 4.78 is 1.34. The lowest BCUT2D eigenvalue weighted by molar-refractivity contribution is 0.590. The highest BCUT2D eigenvalue weighted by Gasteiger charge is 2.45. The lowest BCUT2D eigenvalue weighted by Gasteiger charge is -2.44. The molecule has 6 aromatic carbocycles. The number of hydrogen-bond donors (Lipinski definition) is 0. The zero-order valence-electron chi connectivity index (χ0n) is 31.5. The van der Waals surface area contributed by atoms with Gasteiger partial charge < -0.3 is 9.80 Å². The van der Waals surface area contributed by atoms with Crippen LogP contribution in [-0.4, -0.2) is 6.71 Å². The quantitative estimate of drug-likeness (QED) is 0.170. The molecule has 2 nitrogen and oxygen atoms in total. The third kappa shape index (κ3) is 5.14. The fourth-order valence-electron chi connectivity index (χ4n) is 8.38. The van der Waals surface area contributed by atoms with E-state index in [0.717, 1.165) is 0 Å². The molecule has 0 amide bonds. The van der Waals surface area contributed by atoms with Gasteiger partial charge in [-0.1, -0.05) is 126 Å². The van der Waals surface area contributed by atoms with Crippen LogP contribution in [0.4, 0.5) is 33.4 Å². The first kappa shape index (κ1) is 32.8. The molecule has 0 spiro atoms. The number of rotatable bonds is 3. The Balaban J connectivity index is 1.40. The number of thiophene rings is 1. The number of aryl methyl sites for hydroxylation is 2. The van der Waals surface area contributed by atoms with Gasteiger partial charge in [0.05, 0.1) is 10.7 Å². The summed E-state index contributed by atoms with van der Waals surface area (Å²) in [6.07, 6.45) is 0. The van der Waals surface area contributed by atoms with Gasteiger partial charge in [-0.25, -0.2) is 0 Å². The molecular weight excluding hydrogens is 647 g/mol. The van der Waals surface area contributed by atoms with E-state index in [0.29, 0.717) is 0 Å². The first-order chi connectivity index (χ1) is 24.9. The predicted molar refractivity (Wildman–Crippen MR) is 228 cm³/mol. The molecule has 2 aliphatic heterocycles. The molecule has 9 rings (SSSR count). The minimum Gasteiger partial charge on any atom is -0.311 e. The summed E-state index contributed by atoms with van der Waals surface area (Å²) in [7, 11) is 0. The summed E-state index contributed by atoms with van der Waals surface area (Å²) in [6, 6.07) is 48.4. The van der Waals surface area contributed by atoms with Crippen molar-refractivity contribution in [3.8, 4) is 11.1 Å². The van der Waals surface area contributed by atoms with Gasteiger partial charge in [0.2, 0.25) is 0 Å². The fourth-order valence-corrected chi connectivity index (χ4v) is 9.75. The van der Waals surface area contributed by atoms with Crippen molar-refractivity contribution < 1.29 is 0 Å². The van der Waals surface area contributed by atoms with Crippen LogP contribution in [0.25, 0.3) is 21.2 Å². The molecule has 4 heteroatoms. The van der Waals surface area contributed by atoms with Crippen molar-refractivity contribution in [3.63, 3.8) is 0 Å². The molecule has 2 aliphatic rings. The first-order valence-corrected chi connectivity index (χ1v) is 19.4. The molecule has 0 saturated heterocycles. The second-order valence-corrected chi connectivity index (χ2v) is 17.9. The van der Waals surface area contributed by atoms with Crippen LogP contribution in [0.15, 0.2) is 127 Å². The highest BCUT2D eigenvalue weighted by Crippen LogP contribution is 2.50. The summed E-state index contributed by atoms with van der Waals surface area (Å²) in [6.45, 7) is 18.4. The minimum atomic E-state index is -0.00195. The third-order valence-electron chi connectivity index (χ3n) is 11.1. The first-order valence-electron chi connectivity index (χ1n) is 18.6. The maximum Gasteiger partial charge on any atom is 0.254 e. The maximum atomic E-state index is 2.58. The van der Waals surface area contributed by atoms with Gasteiger partial charge in [-0.3, -0.25) is 0 Å². The van der Waals surface area contributed by atoms with Gasteiger partial charge in [0.15, 0.2) is 0 Å². The topological polar surface area (TPSA) is 6.48 Å². The highest BCUT2D eigenvalue weighted by atomic mass is 32.1. The van der Waals surface area contributed by atoms with E-state index in [4.69, 9.17) is 0 Å². The van der Waals surface area contributed by atoms with Crippen LogP contribution in [0.2, 0.25) is 0 Å². The molecule has 256 valence electrons. The van der Waals surface area contributed by atoms with Crippen LogP contribution in [-0.2, 0) is 10.8 Å². The largest absolute Gasteiger partial charge is 0.311 e. The van der Waals surface area contributed by atoms with Gasteiger partial charge in [0.1, 0.15) is 0 Å². The van der Waals surface area contributed by atoms with E-state index >= 15 is 0 Å². The summed E-state index contributed by atoms with van der Waals surface area (Å²) in [5.41, 5.74) is 18.1. The van der Waals surface area contributed by atoms with Crippen molar-refractivity contribution in [2.24, 2.45) is 0 Å². The molecule has 0 fully saturated rings. The Morgan fingerprint density at radius 2 is 1.17 bits per heavy atom. The normalized spacial score (nSPS) is 13.7. The molecule has 1 aromatic heterocycles. The van der Waals surface area contributed by atoms with Gasteiger partial charge in [0, 0.05) is 33.0 Å². The van der Waals surface area contributed by atoms with Crippen LogP contribution in [0.1, 0.15) is 63.8 Å². The second-order valence-electron chi connectivity index (χ2n) is 16.8. The van der Waals surface area contributed by atoms with Gasteiger partial charge in [-0.05, 0) is 117 Å². The zero-order chi connectivity index (χ0) is 36.1. The summed E-state index contributed by atoms with van der Waals surface area (Å²) >= 11 is 1.94. The van der Waals surface area contributed by atoms with Crippen molar-refractivity contribution in [3.05, 3.63) is 150 Å². The van der Waals surface area contributed by atoms with E-state index in [2.05, 4.69) is 193 Å². The third-order valence-corrected chi connectivity index (χ3v) is 12.2. The highest BCUT2D eigenvalue weighted by molar-refractivity contribution is 7.26. The molecule has 0 radical (unpaired) electrons. The molecule has 0 aliphatic carbocycles. The molecule has 0 unspecified atom stereocenters. The number of nitrogens with zero attached hydrogens (tertiary/aromatic N) is 2. The maximum absolute atomic E-state index is 2.58. The average Bonchev–Trinajstić information content (AvgIpc) is 3.48. The van der Waals surface area contributed by atoms with Crippen molar-refractivity contribution >= 4 is 78.0 Å². The second kappa shape index (κ2) is 11.7. The van der Waals surface area contributed by atoms with Gasteiger partial charge in [0.25, 0.3) is 6.71 Å². The van der Waals surface area contributed by atoms with Crippen LogP contribution in [0.3, 0.4) is 0 Å². The van der Waals surface area contributed by atoms with E-state index in [1.165, 1.54) is 93.3 Å². The van der Waals surface area contributed by atoms with E-state index in [-0.39, 0.29) is 17.5 Å². The average molecular weight is 693 g/mol. The molecule has 7 aromatic rings. The molecular formula is C48H45BN2S. The molecule has 52 heavy (non-hydrogen) atoms. The fraction of sp³-hybridized carbons (Fsp3) is 0.208. The Hall–Kier alpha value is -5.06. The van der Waals surface area contributed by atoms with Crippen LogP contribution < -0.4 is 26.2 Å². The van der Waals surface area contributed by atoms with E-state index < -0.39 is 0 Å². The number of benzene rings is 6. The molecule has 0 N–H and O–H groups in total. The monoisotopic (exact) mass is 692 g/mol. The lowest BCUT2D eigenvalue weighted by Crippen LogP contribution is -2.61. The van der Waals surface area contributed by atoms with Crippen molar-refractivity contribution in [2.75, 3.05) is 9.80 Å². The lowest BCUT2D eigenvalue weighted by atomic mass is 9.33. The van der Waals surface area contributed by atoms with Crippen molar-refractivity contribution in [2.45, 2.75) is 66.2 Å². The SMILES string of the molecule is Cc1cc2c3c(c1)N(c1ccc(C(C)(C)C)cc1)c1sc4cc(C)ccc4c1B3c1ccc(C(C)(C)C)cc1N2c1ccccc1-c1ccccc1. The van der Waals surface area contributed by atoms with Gasteiger partial charge in [-0.15, -0.1) is 11.3 Å². The summed E-state index contributed by atoms with van der Waals surface area (Å²) in [4.78, 5) is 5.15. The Bertz CT molecular complexity index is 2510. The molecule has 0 bridgehead atoms. The summed E-state index contributed by atoms with van der Waals surface area (Å²) in [5.74, 6) is 0. The Morgan fingerprint density at radius 1 is 0.519 bits per heavy atom. The van der Waals surface area contributed by atoms with E-state index in [1.807, 2.05) is 11.3 Å². The minimum absolute atomic E-state index is 0.00195. The standard InChI is InChI=1S/C48H45BN2S/c1-30-18-24-37-43(28-30)52-46-44(37)49-38-25-21-34(48(6,7)8)29-40(38)51(39-17-13-12-16-36(39)32-14-10-9-11-15-32)42-27-31(2)26-41(45(42)49)50(46)35-22-19-33(20-23-35)47(3,4)5/h9-29H,1-8H3. The Kier molecular flexibility index (Phi) is 7.41. The van der Waals surface area contributed by atoms with Crippen LogP contribution in [0.5, 0.6) is 0 Å². The summed E-state index contributed by atoms with van der Waals surface area (Å²) in [5, 5.41) is 2.68. The van der Waals surface area contributed by atoms with E-state index in [9.17, 15) is 0 Å². The van der Waals surface area contributed by atoms with Crippen LogP contribution in [0, 0.1) is 13.8 Å². The molecule has 0 atom stereocenters. The zero-order valence-corrected chi connectivity index (χ0v) is 32.3. The number of fused-ring (bicyclic) bond motifs is 6. The smallest absolute Gasteiger partial charge is 0.254 e. The Labute approximate surface area is 313 Å². The van der Waals surface area contributed by atoms with Crippen LogP contribution >= 0.6 is 11.3 Å². The number of para-hydroxylation sites is 1. The van der Waals surface area contributed by atoms with E-state index in [1.54, 1.807) is 0 Å². The molecule has 0 saturated carbocycles.